The highest BCUT2D eigenvalue weighted by atomic mass is 32.2. The maximum absolute atomic E-state index is 12.5. The number of aromatic nitrogens is 1. The van der Waals surface area contributed by atoms with Crippen LogP contribution in [0.15, 0.2) is 40.7 Å². The third-order valence-electron chi connectivity index (χ3n) is 5.92. The summed E-state index contributed by atoms with van der Waals surface area (Å²) in [6.45, 7) is 0. The van der Waals surface area contributed by atoms with Crippen LogP contribution in [0, 0.1) is 11.3 Å². The third kappa shape index (κ3) is 4.01. The summed E-state index contributed by atoms with van der Waals surface area (Å²) in [6, 6.07) is 6.25. The third-order valence-corrected chi connectivity index (χ3v) is 8.09. The van der Waals surface area contributed by atoms with Gasteiger partial charge in [0.2, 0.25) is 5.91 Å². The van der Waals surface area contributed by atoms with Gasteiger partial charge in [0, 0.05) is 23.2 Å². The summed E-state index contributed by atoms with van der Waals surface area (Å²) in [6.07, 6.45) is 9.75. The maximum atomic E-state index is 12.5. The Bertz CT molecular complexity index is 894. The molecule has 27 heavy (non-hydrogen) atoms. The second-order valence-corrected chi connectivity index (χ2v) is 10.2. The predicted molar refractivity (Wildman–Crippen MR) is 106 cm³/mol. The molecule has 0 radical (unpaired) electrons. The lowest BCUT2D eigenvalue weighted by Gasteiger charge is -2.46. The van der Waals surface area contributed by atoms with Crippen molar-refractivity contribution in [1.82, 2.24) is 4.98 Å². The highest BCUT2D eigenvalue weighted by Gasteiger charge is 2.41. The zero-order chi connectivity index (χ0) is 18.9. The van der Waals surface area contributed by atoms with E-state index in [0.29, 0.717) is 16.2 Å². The number of sulfonamides is 1. The molecule has 0 atom stereocenters. The van der Waals surface area contributed by atoms with Crippen LogP contribution in [0.1, 0.15) is 44.9 Å². The van der Waals surface area contributed by atoms with E-state index >= 15 is 0 Å². The van der Waals surface area contributed by atoms with Gasteiger partial charge in [0.25, 0.3) is 10.0 Å². The fourth-order valence-corrected chi connectivity index (χ4v) is 5.87. The van der Waals surface area contributed by atoms with E-state index in [9.17, 15) is 13.2 Å². The monoisotopic (exact) mass is 405 g/mol. The largest absolute Gasteiger partial charge is 0.326 e. The smallest absolute Gasteiger partial charge is 0.263 e. The fourth-order valence-electron chi connectivity index (χ4n) is 4.08. The van der Waals surface area contributed by atoms with E-state index < -0.39 is 10.0 Å². The summed E-state index contributed by atoms with van der Waals surface area (Å²) in [7, 11) is -3.67. The molecular formula is C19H23N3O3S2. The second-order valence-electron chi connectivity index (χ2n) is 7.58. The van der Waals surface area contributed by atoms with Crippen LogP contribution in [0.2, 0.25) is 0 Å². The van der Waals surface area contributed by atoms with Gasteiger partial charge in [0.15, 0.2) is 5.13 Å². The van der Waals surface area contributed by atoms with E-state index in [2.05, 4.69) is 15.0 Å². The lowest BCUT2D eigenvalue weighted by molar-refractivity contribution is -0.122. The second kappa shape index (κ2) is 7.24. The van der Waals surface area contributed by atoms with Crippen molar-refractivity contribution in [2.45, 2.75) is 49.8 Å². The first-order chi connectivity index (χ1) is 13.0. The molecule has 144 valence electrons. The highest BCUT2D eigenvalue weighted by molar-refractivity contribution is 7.93. The van der Waals surface area contributed by atoms with E-state index in [1.54, 1.807) is 23.7 Å². The number of nitrogens with zero attached hydrogens (tertiary/aromatic N) is 1. The van der Waals surface area contributed by atoms with Gasteiger partial charge in [-0.25, -0.2) is 13.4 Å². The van der Waals surface area contributed by atoms with Crippen molar-refractivity contribution >= 4 is 38.1 Å². The first-order valence-electron chi connectivity index (χ1n) is 9.29. The van der Waals surface area contributed by atoms with Crippen molar-refractivity contribution in [3.05, 3.63) is 35.8 Å². The zero-order valence-electron chi connectivity index (χ0n) is 15.0. The van der Waals surface area contributed by atoms with E-state index in [0.717, 1.165) is 25.7 Å². The Labute approximate surface area is 163 Å². The minimum atomic E-state index is -3.67. The Morgan fingerprint density at radius 3 is 2.37 bits per heavy atom. The number of amides is 1. The number of carbonyl (C=O) groups is 1. The van der Waals surface area contributed by atoms with Gasteiger partial charge in [0.05, 0.1) is 4.90 Å². The normalized spacial score (nSPS) is 19.4. The molecule has 1 spiro atoms. The summed E-state index contributed by atoms with van der Waals surface area (Å²) in [4.78, 5) is 16.6. The molecule has 0 bridgehead atoms. The van der Waals surface area contributed by atoms with Crippen LogP contribution in [0.25, 0.3) is 0 Å². The van der Waals surface area contributed by atoms with Crippen LogP contribution in [0.4, 0.5) is 10.8 Å². The van der Waals surface area contributed by atoms with Crippen molar-refractivity contribution in [2.24, 2.45) is 11.3 Å². The molecule has 4 rings (SSSR count). The Hall–Kier alpha value is -1.93. The van der Waals surface area contributed by atoms with Gasteiger partial charge in [-0.2, -0.15) is 0 Å². The van der Waals surface area contributed by atoms with Crippen molar-refractivity contribution in [3.8, 4) is 0 Å². The van der Waals surface area contributed by atoms with Gasteiger partial charge in [-0.3, -0.25) is 9.52 Å². The molecule has 1 aromatic heterocycles. The van der Waals surface area contributed by atoms with Crippen LogP contribution in [-0.4, -0.2) is 19.3 Å². The average molecular weight is 406 g/mol. The summed E-state index contributed by atoms with van der Waals surface area (Å²) >= 11 is 1.22. The number of benzene rings is 1. The van der Waals surface area contributed by atoms with Gasteiger partial charge < -0.3 is 5.32 Å². The molecule has 8 heteroatoms. The SMILES string of the molecule is O=C(Nc1ccc(S(=O)(=O)Nc2nccs2)cc1)C1CCC2(CCC2)CC1. The number of nitrogens with one attached hydrogen (secondary N) is 2. The minimum absolute atomic E-state index is 0.0423. The molecule has 1 heterocycles. The Morgan fingerprint density at radius 2 is 1.81 bits per heavy atom. The zero-order valence-corrected chi connectivity index (χ0v) is 16.6. The maximum Gasteiger partial charge on any atom is 0.263 e. The molecule has 0 saturated heterocycles. The van der Waals surface area contributed by atoms with Crippen molar-refractivity contribution in [1.29, 1.82) is 0 Å². The Balaban J connectivity index is 1.35. The number of hydrogen-bond donors (Lipinski definition) is 2. The Kier molecular flexibility index (Phi) is 4.94. The average Bonchev–Trinajstić information content (AvgIpc) is 3.13. The number of rotatable bonds is 5. The van der Waals surface area contributed by atoms with Gasteiger partial charge in [-0.15, -0.1) is 11.3 Å². The van der Waals surface area contributed by atoms with Gasteiger partial charge in [-0.1, -0.05) is 6.42 Å². The highest BCUT2D eigenvalue weighted by Crippen LogP contribution is 2.52. The van der Waals surface area contributed by atoms with E-state index in [4.69, 9.17) is 0 Å². The molecule has 2 aliphatic carbocycles. The van der Waals surface area contributed by atoms with Crippen LogP contribution >= 0.6 is 11.3 Å². The first kappa shape index (κ1) is 18.4. The van der Waals surface area contributed by atoms with E-state index in [1.165, 1.54) is 42.7 Å². The van der Waals surface area contributed by atoms with Gasteiger partial charge in [0.1, 0.15) is 0 Å². The lowest BCUT2D eigenvalue weighted by Crippen LogP contribution is -2.37. The first-order valence-corrected chi connectivity index (χ1v) is 11.7. The van der Waals surface area contributed by atoms with Crippen LogP contribution in [0.3, 0.4) is 0 Å². The van der Waals surface area contributed by atoms with E-state index in [-0.39, 0.29) is 16.7 Å². The van der Waals surface area contributed by atoms with E-state index in [1.807, 2.05) is 0 Å². The van der Waals surface area contributed by atoms with Crippen molar-refractivity contribution in [3.63, 3.8) is 0 Å². The molecule has 2 aromatic rings. The molecule has 0 aliphatic heterocycles. The minimum Gasteiger partial charge on any atom is -0.326 e. The summed E-state index contributed by atoms with van der Waals surface area (Å²) in [5, 5.41) is 4.97. The topological polar surface area (TPSA) is 88.2 Å². The van der Waals surface area contributed by atoms with Crippen LogP contribution < -0.4 is 10.0 Å². The molecule has 6 nitrogen and oxygen atoms in total. The molecule has 2 N–H and O–H groups in total. The lowest BCUT2D eigenvalue weighted by atomic mass is 9.59. The van der Waals surface area contributed by atoms with Crippen LogP contribution in [-0.2, 0) is 14.8 Å². The summed E-state index contributed by atoms with van der Waals surface area (Å²) < 4.78 is 27.1. The Morgan fingerprint density at radius 1 is 1.11 bits per heavy atom. The number of anilines is 2. The number of carbonyl (C=O) groups excluding carboxylic acids is 1. The van der Waals surface area contributed by atoms with Gasteiger partial charge >= 0.3 is 0 Å². The molecular weight excluding hydrogens is 382 g/mol. The van der Waals surface area contributed by atoms with Crippen molar-refractivity contribution in [2.75, 3.05) is 10.0 Å². The molecule has 0 unspecified atom stereocenters. The molecule has 2 aliphatic rings. The standard InChI is InChI=1S/C19H23N3O3S2/c23-17(14-6-10-19(11-7-14)8-1-9-19)21-15-2-4-16(5-3-15)27(24,25)22-18-20-12-13-26-18/h2-5,12-14H,1,6-11H2,(H,20,22)(H,21,23). The van der Waals surface area contributed by atoms with Gasteiger partial charge in [-0.05, 0) is 68.2 Å². The summed E-state index contributed by atoms with van der Waals surface area (Å²) in [5.74, 6) is 0.104. The molecule has 2 saturated carbocycles. The van der Waals surface area contributed by atoms with Crippen LogP contribution in [0.5, 0.6) is 0 Å². The van der Waals surface area contributed by atoms with Crippen molar-refractivity contribution < 1.29 is 13.2 Å². The fraction of sp³-hybridized carbons (Fsp3) is 0.474. The molecule has 1 aromatic carbocycles. The molecule has 1 amide bonds. The predicted octanol–water partition coefficient (Wildman–Crippen LogP) is 4.24. The quantitative estimate of drug-likeness (QED) is 0.779. The number of hydrogen-bond acceptors (Lipinski definition) is 5. The summed E-state index contributed by atoms with van der Waals surface area (Å²) in [5.41, 5.74) is 1.16. The number of thiazole rings is 1. The molecule has 2 fully saturated rings.